The first kappa shape index (κ1) is 31.5. The summed E-state index contributed by atoms with van der Waals surface area (Å²) in [6.45, 7) is 9.03. The van der Waals surface area contributed by atoms with Crippen molar-refractivity contribution in [1.82, 2.24) is 14.7 Å². The van der Waals surface area contributed by atoms with Gasteiger partial charge in [-0.1, -0.05) is 36.2 Å². The number of aliphatic hydroxyl groups is 1. The molecule has 2 amide bonds. The molecular weight excluding hydrogens is 567 g/mol. The largest absolute Gasteiger partial charge is 0.488 e. The number of aliphatic hydroxyl groups excluding tert-OH is 1. The molecule has 2 aliphatic rings. The minimum absolute atomic E-state index is 0.0167. The number of halogens is 2. The Balaban J connectivity index is 1.50. The Morgan fingerprint density at radius 3 is 2.63 bits per heavy atom. The highest BCUT2D eigenvalue weighted by molar-refractivity contribution is 6.42. The van der Waals surface area contributed by atoms with Gasteiger partial charge in [-0.05, 0) is 49.9 Å². The highest BCUT2D eigenvalue weighted by Gasteiger charge is 2.33. The van der Waals surface area contributed by atoms with Crippen LogP contribution in [0, 0.1) is 5.92 Å². The van der Waals surface area contributed by atoms with Gasteiger partial charge in [0.25, 0.3) is 5.91 Å². The molecule has 2 aromatic carbocycles. The van der Waals surface area contributed by atoms with Crippen molar-refractivity contribution in [3.8, 4) is 5.75 Å². The maximum Gasteiger partial charge on any atom is 0.258 e. The van der Waals surface area contributed by atoms with Crippen molar-refractivity contribution in [2.24, 2.45) is 5.92 Å². The van der Waals surface area contributed by atoms with Crippen LogP contribution in [0.15, 0.2) is 36.4 Å². The van der Waals surface area contributed by atoms with Crippen LogP contribution in [0.5, 0.6) is 5.75 Å². The van der Waals surface area contributed by atoms with Crippen LogP contribution in [0.1, 0.15) is 36.2 Å². The van der Waals surface area contributed by atoms with Crippen LogP contribution in [0.25, 0.3) is 0 Å². The summed E-state index contributed by atoms with van der Waals surface area (Å²) < 4.78 is 11.9. The molecule has 0 aliphatic carbocycles. The maximum atomic E-state index is 13.7. The lowest BCUT2D eigenvalue weighted by Gasteiger charge is -2.38. The summed E-state index contributed by atoms with van der Waals surface area (Å²) in [6, 6.07) is 10.4. The second kappa shape index (κ2) is 14.7. The predicted molar refractivity (Wildman–Crippen MR) is 161 cm³/mol. The number of hydrogen-bond donors (Lipinski definition) is 2. The average molecular weight is 608 g/mol. The molecule has 11 heteroatoms. The zero-order valence-corrected chi connectivity index (χ0v) is 25.5. The molecule has 41 heavy (non-hydrogen) atoms. The number of nitrogens with one attached hydrogen (secondary N) is 1. The van der Waals surface area contributed by atoms with Crippen molar-refractivity contribution in [2.45, 2.75) is 39.0 Å². The molecule has 1 fully saturated rings. The van der Waals surface area contributed by atoms with Crippen molar-refractivity contribution >= 4 is 40.7 Å². The first-order valence-electron chi connectivity index (χ1n) is 14.1. The highest BCUT2D eigenvalue weighted by atomic mass is 35.5. The molecule has 0 unspecified atom stereocenters. The normalized spacial score (nSPS) is 20.7. The molecule has 0 saturated carbocycles. The molecule has 4 rings (SSSR count). The molecule has 9 nitrogen and oxygen atoms in total. The van der Waals surface area contributed by atoms with Crippen molar-refractivity contribution in [1.29, 1.82) is 0 Å². The molecule has 0 radical (unpaired) electrons. The summed E-state index contributed by atoms with van der Waals surface area (Å²) in [4.78, 5) is 32.5. The fraction of sp³-hybridized carbons (Fsp3) is 0.533. The van der Waals surface area contributed by atoms with Crippen molar-refractivity contribution in [3.63, 3.8) is 0 Å². The van der Waals surface area contributed by atoms with Crippen molar-refractivity contribution in [3.05, 3.63) is 57.6 Å². The molecule has 2 N–H and O–H groups in total. The second-order valence-electron chi connectivity index (χ2n) is 11.0. The summed E-state index contributed by atoms with van der Waals surface area (Å²) in [6.07, 6.45) is 0.108. The Morgan fingerprint density at radius 1 is 1.17 bits per heavy atom. The molecule has 0 aromatic heterocycles. The fourth-order valence-electron chi connectivity index (χ4n) is 5.15. The zero-order valence-electron chi connectivity index (χ0n) is 23.9. The van der Waals surface area contributed by atoms with Gasteiger partial charge < -0.3 is 24.8 Å². The molecular formula is C30H40Cl2N4O5. The third-order valence-electron chi connectivity index (χ3n) is 7.64. The summed E-state index contributed by atoms with van der Waals surface area (Å²) in [7, 11) is 2.01. The van der Waals surface area contributed by atoms with Gasteiger partial charge in [-0.25, -0.2) is 0 Å². The van der Waals surface area contributed by atoms with Gasteiger partial charge in [0.2, 0.25) is 5.91 Å². The van der Waals surface area contributed by atoms with E-state index in [9.17, 15) is 14.7 Å². The lowest BCUT2D eigenvalue weighted by molar-refractivity contribution is -0.116. The number of rotatable bonds is 10. The summed E-state index contributed by atoms with van der Waals surface area (Å²) in [5, 5.41) is 13.9. The van der Waals surface area contributed by atoms with E-state index in [0.29, 0.717) is 72.9 Å². The van der Waals surface area contributed by atoms with E-state index >= 15 is 0 Å². The fourth-order valence-corrected chi connectivity index (χ4v) is 5.47. The van der Waals surface area contributed by atoms with Crippen molar-refractivity contribution in [2.75, 3.05) is 64.9 Å². The lowest BCUT2D eigenvalue weighted by Crippen LogP contribution is -2.49. The minimum atomic E-state index is -0.378. The molecule has 0 spiro atoms. The quantitative estimate of drug-likeness (QED) is 0.422. The third kappa shape index (κ3) is 8.56. The van der Waals surface area contributed by atoms with Crippen LogP contribution in [-0.4, -0.2) is 103 Å². The van der Waals surface area contributed by atoms with Crippen LogP contribution in [0.3, 0.4) is 0 Å². The van der Waals surface area contributed by atoms with Gasteiger partial charge in [0.05, 0.1) is 41.5 Å². The number of likely N-dealkylation sites (N-methyl/N-ethyl adjacent to an activating group) is 1. The van der Waals surface area contributed by atoms with E-state index in [1.165, 1.54) is 0 Å². The Morgan fingerprint density at radius 2 is 1.93 bits per heavy atom. The van der Waals surface area contributed by atoms with Crippen LogP contribution >= 0.6 is 23.2 Å². The number of anilines is 1. The Labute approximate surface area is 252 Å². The van der Waals surface area contributed by atoms with Crippen LogP contribution < -0.4 is 10.1 Å². The number of carbonyl (C=O) groups is 2. The lowest BCUT2D eigenvalue weighted by atomic mass is 9.99. The summed E-state index contributed by atoms with van der Waals surface area (Å²) in [5.74, 6) is 0.0833. The Bertz CT molecular complexity index is 1210. The smallest absolute Gasteiger partial charge is 0.258 e. The van der Waals surface area contributed by atoms with Gasteiger partial charge in [0.15, 0.2) is 0 Å². The monoisotopic (exact) mass is 606 g/mol. The summed E-state index contributed by atoms with van der Waals surface area (Å²) in [5.41, 5.74) is 1.92. The van der Waals surface area contributed by atoms with E-state index in [2.05, 4.69) is 22.0 Å². The molecule has 2 aliphatic heterocycles. The maximum absolute atomic E-state index is 13.7. The van der Waals surface area contributed by atoms with E-state index in [1.807, 2.05) is 26.1 Å². The predicted octanol–water partition coefficient (Wildman–Crippen LogP) is 4.01. The van der Waals surface area contributed by atoms with Crippen LogP contribution in [0.2, 0.25) is 10.0 Å². The number of carbonyl (C=O) groups excluding carboxylic acids is 2. The van der Waals surface area contributed by atoms with Crippen LogP contribution in [-0.2, 0) is 16.1 Å². The van der Waals surface area contributed by atoms with E-state index in [-0.39, 0.29) is 36.5 Å². The molecule has 3 atom stereocenters. The minimum Gasteiger partial charge on any atom is -0.488 e. The van der Waals surface area contributed by atoms with Gasteiger partial charge >= 0.3 is 0 Å². The van der Waals surface area contributed by atoms with E-state index in [4.69, 9.17) is 32.7 Å². The summed E-state index contributed by atoms with van der Waals surface area (Å²) >= 11 is 12.3. The number of fused-ring (bicyclic) bond motifs is 1. The van der Waals surface area contributed by atoms with Crippen LogP contribution in [0.4, 0.5) is 5.69 Å². The second-order valence-corrected chi connectivity index (χ2v) is 11.8. The SMILES string of the molecule is C[C@H](CO)N1C[C@H](C)[C@H](CN(C)Cc2ccc(Cl)c(Cl)c2)Oc2ccc(NC(=O)CCN3CCOCC3)cc2C1=O. The number of morpholine rings is 1. The van der Waals surface area contributed by atoms with Gasteiger partial charge in [0, 0.05) is 57.3 Å². The van der Waals surface area contributed by atoms with Gasteiger partial charge in [-0.2, -0.15) is 0 Å². The Hall–Kier alpha value is -2.40. The van der Waals surface area contributed by atoms with Gasteiger partial charge in [-0.15, -0.1) is 0 Å². The van der Waals surface area contributed by atoms with E-state index in [0.717, 1.165) is 18.7 Å². The number of ether oxygens (including phenoxy) is 2. The highest BCUT2D eigenvalue weighted by Crippen LogP contribution is 2.31. The third-order valence-corrected chi connectivity index (χ3v) is 8.37. The Kier molecular flexibility index (Phi) is 11.3. The van der Waals surface area contributed by atoms with Crippen molar-refractivity contribution < 1.29 is 24.2 Å². The topological polar surface area (TPSA) is 94.6 Å². The first-order chi connectivity index (χ1) is 19.6. The van der Waals surface area contributed by atoms with E-state index in [1.54, 1.807) is 29.2 Å². The first-order valence-corrected chi connectivity index (χ1v) is 14.8. The number of amides is 2. The average Bonchev–Trinajstić information content (AvgIpc) is 2.96. The number of hydrogen-bond acceptors (Lipinski definition) is 7. The number of benzene rings is 2. The molecule has 2 aromatic rings. The standard InChI is InChI=1S/C30H40Cl2N4O5/c1-20-16-36(21(2)19-37)30(39)24-15-23(33-29(38)8-9-35-10-12-40-13-11-35)5-7-27(24)41-28(20)18-34(3)17-22-4-6-25(31)26(32)14-22/h4-7,14-15,20-21,28,37H,8-13,16-19H2,1-3H3,(H,33,38)/t20-,21+,28-/m0/s1. The molecule has 2 heterocycles. The number of nitrogens with zero attached hydrogens (tertiary/aromatic N) is 3. The molecule has 224 valence electrons. The van der Waals surface area contributed by atoms with Gasteiger partial charge in [0.1, 0.15) is 11.9 Å². The van der Waals surface area contributed by atoms with Gasteiger partial charge in [-0.3, -0.25) is 19.4 Å². The zero-order chi connectivity index (χ0) is 29.5. The molecule has 1 saturated heterocycles. The van der Waals surface area contributed by atoms with E-state index < -0.39 is 0 Å². The molecule has 0 bridgehead atoms.